The number of carbonyl (C=O) groups is 1. The summed E-state index contributed by atoms with van der Waals surface area (Å²) in [6.07, 6.45) is 3.74. The van der Waals surface area contributed by atoms with Gasteiger partial charge in [-0.2, -0.15) is 0 Å². The molecule has 0 aliphatic carbocycles. The molecule has 1 amide bonds. The Labute approximate surface area is 99.7 Å². The fourth-order valence-corrected chi connectivity index (χ4v) is 2.07. The second-order valence-electron chi connectivity index (χ2n) is 4.09. The number of hydrogen-bond donors (Lipinski definition) is 0. The monoisotopic (exact) mass is 230 g/mol. The van der Waals surface area contributed by atoms with Crippen LogP contribution in [0.3, 0.4) is 0 Å². The average molecular weight is 230 g/mol. The van der Waals surface area contributed by atoms with Crippen molar-refractivity contribution in [2.45, 2.75) is 19.3 Å². The molecule has 88 valence electrons. The van der Waals surface area contributed by atoms with Crippen LogP contribution in [0.4, 0.5) is 5.69 Å². The molecule has 5 nitrogen and oxygen atoms in total. The molecule has 5 heteroatoms. The van der Waals surface area contributed by atoms with E-state index in [2.05, 4.69) is 14.9 Å². The molecule has 2 rings (SSSR count). The molecule has 0 saturated carbocycles. The molecular weight excluding hydrogens is 216 g/mol. The number of anilines is 1. The van der Waals surface area contributed by atoms with Crippen molar-refractivity contribution in [2.75, 3.05) is 18.0 Å². The van der Waals surface area contributed by atoms with E-state index in [0.29, 0.717) is 5.56 Å². The Kier molecular flexibility index (Phi) is 3.62. The average Bonchev–Trinajstić information content (AvgIpc) is 2.40. The Balaban J connectivity index is 2.11. The van der Waals surface area contributed by atoms with Crippen LogP contribution in [-0.2, 0) is 0 Å². The summed E-state index contributed by atoms with van der Waals surface area (Å²) >= 11 is 0. The molecule has 1 aliphatic rings. The maximum atomic E-state index is 11.3. The van der Waals surface area contributed by atoms with Gasteiger partial charge in [-0.3, -0.25) is 4.79 Å². The number of amides is 1. The zero-order valence-electron chi connectivity index (χ0n) is 9.54. The summed E-state index contributed by atoms with van der Waals surface area (Å²) in [6, 6.07) is 7.23. The molecule has 0 N–H and O–H groups in total. The highest BCUT2D eigenvalue weighted by atomic mass is 16.1. The van der Waals surface area contributed by atoms with Gasteiger partial charge >= 0.3 is 0 Å². The first kappa shape index (κ1) is 11.5. The Bertz CT molecular complexity index is 442. The third-order valence-corrected chi connectivity index (χ3v) is 2.97. The van der Waals surface area contributed by atoms with Crippen LogP contribution in [0.25, 0.3) is 10.4 Å². The predicted molar refractivity (Wildman–Crippen MR) is 66.0 cm³/mol. The molecule has 1 aromatic carbocycles. The fourth-order valence-electron chi connectivity index (χ4n) is 2.07. The van der Waals surface area contributed by atoms with E-state index in [9.17, 15) is 4.79 Å². The van der Waals surface area contributed by atoms with Crippen molar-refractivity contribution >= 4 is 11.6 Å². The second-order valence-corrected chi connectivity index (χ2v) is 4.09. The standard InChI is InChI=1S/C12H14N4O/c13-15-14-12(17)10-4-6-11(7-5-10)16-8-2-1-3-9-16/h4-7H,1-3,8-9H2. The Morgan fingerprint density at radius 1 is 1.18 bits per heavy atom. The fraction of sp³-hybridized carbons (Fsp3) is 0.417. The van der Waals surface area contributed by atoms with Crippen LogP contribution in [0.15, 0.2) is 29.4 Å². The molecule has 1 aliphatic heterocycles. The highest BCUT2D eigenvalue weighted by Gasteiger charge is 2.11. The zero-order chi connectivity index (χ0) is 12.1. The number of piperidine rings is 1. The van der Waals surface area contributed by atoms with Gasteiger partial charge in [0.2, 0.25) is 5.91 Å². The van der Waals surface area contributed by atoms with E-state index in [1.54, 1.807) is 12.1 Å². The minimum absolute atomic E-state index is 0.434. The van der Waals surface area contributed by atoms with Gasteiger partial charge in [0.25, 0.3) is 0 Å². The lowest BCUT2D eigenvalue weighted by atomic mass is 10.1. The van der Waals surface area contributed by atoms with E-state index in [-0.39, 0.29) is 0 Å². The summed E-state index contributed by atoms with van der Waals surface area (Å²) in [6.45, 7) is 2.15. The van der Waals surface area contributed by atoms with Gasteiger partial charge < -0.3 is 4.90 Å². The first-order chi connectivity index (χ1) is 8.31. The van der Waals surface area contributed by atoms with E-state index in [4.69, 9.17) is 5.53 Å². The van der Waals surface area contributed by atoms with Crippen molar-refractivity contribution in [3.05, 3.63) is 40.3 Å². The SMILES string of the molecule is [N-]=[N+]=NC(=O)c1ccc(N2CCCCC2)cc1. The van der Waals surface area contributed by atoms with Crippen LogP contribution in [0.1, 0.15) is 29.6 Å². The smallest absolute Gasteiger partial charge is 0.249 e. The van der Waals surface area contributed by atoms with Crippen LogP contribution in [-0.4, -0.2) is 19.0 Å². The molecule has 1 saturated heterocycles. The predicted octanol–water partition coefficient (Wildman–Crippen LogP) is 3.13. The number of rotatable bonds is 2. The molecule has 0 aromatic heterocycles. The molecule has 17 heavy (non-hydrogen) atoms. The van der Waals surface area contributed by atoms with Crippen LogP contribution in [0.5, 0.6) is 0 Å². The number of carbonyl (C=O) groups excluding carboxylic acids is 1. The van der Waals surface area contributed by atoms with Crippen LogP contribution in [0.2, 0.25) is 0 Å². The summed E-state index contributed by atoms with van der Waals surface area (Å²) in [5.41, 5.74) is 9.75. The summed E-state index contributed by atoms with van der Waals surface area (Å²) in [5, 5.41) is 3.07. The van der Waals surface area contributed by atoms with Gasteiger partial charge in [-0.1, -0.05) is 0 Å². The Hall–Kier alpha value is -2.00. The quantitative estimate of drug-likeness (QED) is 0.445. The van der Waals surface area contributed by atoms with Crippen LogP contribution >= 0.6 is 0 Å². The minimum Gasteiger partial charge on any atom is -0.372 e. The summed E-state index contributed by atoms with van der Waals surface area (Å²) < 4.78 is 0. The lowest BCUT2D eigenvalue weighted by Gasteiger charge is -2.28. The minimum atomic E-state index is -0.530. The molecule has 1 fully saturated rings. The maximum Gasteiger partial charge on any atom is 0.249 e. The second kappa shape index (κ2) is 5.37. The molecular formula is C12H14N4O. The topological polar surface area (TPSA) is 69.1 Å². The van der Waals surface area contributed by atoms with Gasteiger partial charge in [0.1, 0.15) is 0 Å². The van der Waals surface area contributed by atoms with E-state index < -0.39 is 5.91 Å². The van der Waals surface area contributed by atoms with Crippen molar-refractivity contribution < 1.29 is 4.79 Å². The Morgan fingerprint density at radius 2 is 1.82 bits per heavy atom. The van der Waals surface area contributed by atoms with Crippen molar-refractivity contribution in [1.82, 2.24) is 0 Å². The largest absolute Gasteiger partial charge is 0.372 e. The van der Waals surface area contributed by atoms with Crippen LogP contribution < -0.4 is 4.90 Å². The highest BCUT2D eigenvalue weighted by Crippen LogP contribution is 2.20. The first-order valence-electron chi connectivity index (χ1n) is 5.76. The van der Waals surface area contributed by atoms with Crippen LogP contribution in [0, 0.1) is 0 Å². The number of benzene rings is 1. The summed E-state index contributed by atoms with van der Waals surface area (Å²) in [5.74, 6) is -0.530. The van der Waals surface area contributed by atoms with E-state index in [1.807, 2.05) is 12.1 Å². The third kappa shape index (κ3) is 2.77. The first-order valence-corrected chi connectivity index (χ1v) is 5.76. The van der Waals surface area contributed by atoms with Gasteiger partial charge in [0.15, 0.2) is 0 Å². The molecule has 0 radical (unpaired) electrons. The third-order valence-electron chi connectivity index (χ3n) is 2.97. The van der Waals surface area contributed by atoms with Crippen molar-refractivity contribution in [3.8, 4) is 0 Å². The van der Waals surface area contributed by atoms with E-state index in [1.165, 1.54) is 19.3 Å². The van der Waals surface area contributed by atoms with Gasteiger partial charge in [-0.05, 0) is 54.2 Å². The number of nitrogens with zero attached hydrogens (tertiary/aromatic N) is 4. The summed E-state index contributed by atoms with van der Waals surface area (Å²) in [7, 11) is 0. The normalized spacial score (nSPS) is 15.2. The number of azide groups is 1. The lowest BCUT2D eigenvalue weighted by molar-refractivity contribution is 0.100. The number of hydrogen-bond acceptors (Lipinski definition) is 2. The Morgan fingerprint density at radius 3 is 2.41 bits per heavy atom. The summed E-state index contributed by atoms with van der Waals surface area (Å²) in [4.78, 5) is 16.1. The maximum absolute atomic E-state index is 11.3. The highest BCUT2D eigenvalue weighted by molar-refractivity contribution is 5.95. The molecule has 0 spiro atoms. The van der Waals surface area contributed by atoms with Gasteiger partial charge in [-0.15, -0.1) is 0 Å². The molecule has 0 atom stereocenters. The van der Waals surface area contributed by atoms with Crippen molar-refractivity contribution in [1.29, 1.82) is 0 Å². The van der Waals surface area contributed by atoms with Crippen molar-refractivity contribution in [2.24, 2.45) is 5.11 Å². The van der Waals surface area contributed by atoms with Gasteiger partial charge in [0.05, 0.1) is 0 Å². The molecule has 1 heterocycles. The molecule has 0 unspecified atom stereocenters. The van der Waals surface area contributed by atoms with E-state index in [0.717, 1.165) is 18.8 Å². The van der Waals surface area contributed by atoms with E-state index >= 15 is 0 Å². The van der Waals surface area contributed by atoms with Gasteiger partial charge in [0, 0.05) is 29.3 Å². The van der Waals surface area contributed by atoms with Gasteiger partial charge in [-0.25, -0.2) is 0 Å². The molecule has 0 bridgehead atoms. The lowest BCUT2D eigenvalue weighted by Crippen LogP contribution is -2.29. The molecule has 1 aromatic rings. The van der Waals surface area contributed by atoms with Crippen molar-refractivity contribution in [3.63, 3.8) is 0 Å². The zero-order valence-corrected chi connectivity index (χ0v) is 9.54.